The van der Waals surface area contributed by atoms with Crippen molar-refractivity contribution < 1.29 is 19.0 Å². The average molecular weight is 242 g/mol. The molecule has 1 aromatic rings. The van der Waals surface area contributed by atoms with E-state index in [2.05, 4.69) is 0 Å². The van der Waals surface area contributed by atoms with Gasteiger partial charge in [-0.25, -0.2) is 4.39 Å². The summed E-state index contributed by atoms with van der Waals surface area (Å²) in [6.45, 7) is 4.23. The Labute approximate surface area is 101 Å². The first kappa shape index (κ1) is 13.9. The van der Waals surface area contributed by atoms with Crippen LogP contribution < -0.4 is 4.74 Å². The number of rotatable bonds is 6. The SMILES string of the molecule is CCOC(CC)C(O)c1ccc(OC)cc1F. The van der Waals surface area contributed by atoms with Gasteiger partial charge in [0.2, 0.25) is 0 Å². The Balaban J connectivity index is 2.90. The molecule has 0 heterocycles. The standard InChI is InChI=1S/C13H19FO3/c1-4-12(17-5-2)13(15)10-7-6-9(16-3)8-11(10)14/h6-8,12-13,15H,4-5H2,1-3H3. The van der Waals surface area contributed by atoms with Crippen LogP contribution in [0.15, 0.2) is 18.2 Å². The molecule has 1 N–H and O–H groups in total. The molecule has 0 radical (unpaired) electrons. The minimum Gasteiger partial charge on any atom is -0.497 e. The van der Waals surface area contributed by atoms with Crippen LogP contribution in [0.3, 0.4) is 0 Å². The number of ether oxygens (including phenoxy) is 2. The van der Waals surface area contributed by atoms with Gasteiger partial charge in [0.15, 0.2) is 0 Å². The van der Waals surface area contributed by atoms with Crippen molar-refractivity contribution in [2.24, 2.45) is 0 Å². The summed E-state index contributed by atoms with van der Waals surface area (Å²) in [4.78, 5) is 0. The van der Waals surface area contributed by atoms with Crippen LogP contribution >= 0.6 is 0 Å². The van der Waals surface area contributed by atoms with Crippen LogP contribution in [-0.2, 0) is 4.74 Å². The van der Waals surface area contributed by atoms with Gasteiger partial charge in [-0.3, -0.25) is 0 Å². The van der Waals surface area contributed by atoms with Crippen molar-refractivity contribution in [3.05, 3.63) is 29.6 Å². The van der Waals surface area contributed by atoms with Gasteiger partial charge in [-0.15, -0.1) is 0 Å². The summed E-state index contributed by atoms with van der Waals surface area (Å²) < 4.78 is 24.0. The number of hydrogen-bond acceptors (Lipinski definition) is 3. The molecule has 0 bridgehead atoms. The van der Waals surface area contributed by atoms with Crippen LogP contribution in [-0.4, -0.2) is 24.9 Å². The van der Waals surface area contributed by atoms with Crippen LogP contribution in [0.25, 0.3) is 0 Å². The number of hydrogen-bond donors (Lipinski definition) is 1. The lowest BCUT2D eigenvalue weighted by atomic mass is 10.0. The van der Waals surface area contributed by atoms with Gasteiger partial charge < -0.3 is 14.6 Å². The molecule has 0 aliphatic heterocycles. The predicted molar refractivity (Wildman–Crippen MR) is 63.6 cm³/mol. The zero-order valence-corrected chi connectivity index (χ0v) is 10.4. The third kappa shape index (κ3) is 3.41. The third-order valence-corrected chi connectivity index (χ3v) is 2.66. The lowest BCUT2D eigenvalue weighted by molar-refractivity contribution is -0.0369. The van der Waals surface area contributed by atoms with Crippen molar-refractivity contribution in [1.29, 1.82) is 0 Å². The van der Waals surface area contributed by atoms with E-state index in [4.69, 9.17) is 9.47 Å². The highest BCUT2D eigenvalue weighted by molar-refractivity contribution is 5.30. The summed E-state index contributed by atoms with van der Waals surface area (Å²) in [7, 11) is 1.47. The van der Waals surface area contributed by atoms with E-state index >= 15 is 0 Å². The van der Waals surface area contributed by atoms with E-state index in [1.807, 2.05) is 13.8 Å². The molecule has 0 saturated heterocycles. The van der Waals surface area contributed by atoms with Gasteiger partial charge in [0.25, 0.3) is 0 Å². The third-order valence-electron chi connectivity index (χ3n) is 2.66. The number of benzene rings is 1. The maximum absolute atomic E-state index is 13.7. The highest BCUT2D eigenvalue weighted by Crippen LogP contribution is 2.26. The molecule has 0 saturated carbocycles. The molecule has 0 spiro atoms. The van der Waals surface area contributed by atoms with Crippen molar-refractivity contribution in [3.8, 4) is 5.75 Å². The minimum absolute atomic E-state index is 0.242. The highest BCUT2D eigenvalue weighted by atomic mass is 19.1. The lowest BCUT2D eigenvalue weighted by Crippen LogP contribution is -2.22. The summed E-state index contributed by atoms with van der Waals surface area (Å²) >= 11 is 0. The van der Waals surface area contributed by atoms with Gasteiger partial charge in [0.1, 0.15) is 17.7 Å². The van der Waals surface area contributed by atoms with Gasteiger partial charge in [-0.05, 0) is 25.5 Å². The van der Waals surface area contributed by atoms with Gasteiger partial charge in [-0.2, -0.15) is 0 Å². The largest absolute Gasteiger partial charge is 0.497 e. The fraction of sp³-hybridized carbons (Fsp3) is 0.538. The average Bonchev–Trinajstić information content (AvgIpc) is 2.35. The topological polar surface area (TPSA) is 38.7 Å². The van der Waals surface area contributed by atoms with E-state index in [1.54, 1.807) is 6.07 Å². The molecule has 3 nitrogen and oxygen atoms in total. The van der Waals surface area contributed by atoms with Gasteiger partial charge in [0.05, 0.1) is 13.2 Å². The molecule has 4 heteroatoms. The first-order valence-corrected chi connectivity index (χ1v) is 5.77. The van der Waals surface area contributed by atoms with Crippen LogP contribution in [0.1, 0.15) is 31.9 Å². The second kappa shape index (κ2) is 6.57. The van der Waals surface area contributed by atoms with E-state index < -0.39 is 11.9 Å². The van der Waals surface area contributed by atoms with Crippen molar-refractivity contribution in [1.82, 2.24) is 0 Å². The van der Waals surface area contributed by atoms with Gasteiger partial charge in [-0.1, -0.05) is 6.92 Å². The molecule has 0 aromatic heterocycles. The molecular formula is C13H19FO3. The highest BCUT2D eigenvalue weighted by Gasteiger charge is 2.22. The predicted octanol–water partition coefficient (Wildman–Crippen LogP) is 2.68. The molecular weight excluding hydrogens is 223 g/mol. The number of aliphatic hydroxyl groups excluding tert-OH is 1. The Morgan fingerprint density at radius 2 is 2.06 bits per heavy atom. The second-order valence-electron chi connectivity index (χ2n) is 3.73. The van der Waals surface area contributed by atoms with E-state index in [-0.39, 0.29) is 11.7 Å². The zero-order chi connectivity index (χ0) is 12.8. The fourth-order valence-electron chi connectivity index (χ4n) is 1.72. The van der Waals surface area contributed by atoms with E-state index in [0.717, 1.165) is 0 Å². The summed E-state index contributed by atoms with van der Waals surface area (Å²) in [5.74, 6) is -0.0436. The molecule has 2 unspecified atom stereocenters. The number of aliphatic hydroxyl groups is 1. The maximum atomic E-state index is 13.7. The van der Waals surface area contributed by atoms with Crippen LogP contribution in [0, 0.1) is 5.82 Å². The molecule has 96 valence electrons. The molecule has 1 aromatic carbocycles. The van der Waals surface area contributed by atoms with Crippen molar-refractivity contribution >= 4 is 0 Å². The Hall–Kier alpha value is -1.13. The normalized spacial score (nSPS) is 14.4. The first-order chi connectivity index (χ1) is 8.13. The number of halogens is 1. The first-order valence-electron chi connectivity index (χ1n) is 5.77. The molecule has 0 fully saturated rings. The quantitative estimate of drug-likeness (QED) is 0.833. The van der Waals surface area contributed by atoms with Crippen molar-refractivity contribution in [2.75, 3.05) is 13.7 Å². The van der Waals surface area contributed by atoms with Gasteiger partial charge in [0, 0.05) is 18.2 Å². The van der Waals surface area contributed by atoms with Gasteiger partial charge >= 0.3 is 0 Å². The summed E-state index contributed by atoms with van der Waals surface area (Å²) in [5.41, 5.74) is 0.242. The Bertz CT molecular complexity index is 355. The van der Waals surface area contributed by atoms with E-state index in [1.165, 1.54) is 19.2 Å². The van der Waals surface area contributed by atoms with Crippen LogP contribution in [0.5, 0.6) is 5.75 Å². The summed E-state index contributed by atoms with van der Waals surface area (Å²) in [6.07, 6.45) is -0.714. The Kier molecular flexibility index (Phi) is 5.38. The maximum Gasteiger partial charge on any atom is 0.132 e. The summed E-state index contributed by atoms with van der Waals surface area (Å²) in [6, 6.07) is 4.41. The van der Waals surface area contributed by atoms with Crippen molar-refractivity contribution in [2.45, 2.75) is 32.5 Å². The van der Waals surface area contributed by atoms with E-state index in [0.29, 0.717) is 18.8 Å². The molecule has 0 aliphatic carbocycles. The number of methoxy groups -OCH3 is 1. The molecule has 2 atom stereocenters. The zero-order valence-electron chi connectivity index (χ0n) is 10.4. The lowest BCUT2D eigenvalue weighted by Gasteiger charge is -2.22. The van der Waals surface area contributed by atoms with Crippen molar-refractivity contribution in [3.63, 3.8) is 0 Å². The summed E-state index contributed by atoms with van der Waals surface area (Å²) in [5, 5.41) is 10.1. The van der Waals surface area contributed by atoms with E-state index in [9.17, 15) is 9.50 Å². The van der Waals surface area contributed by atoms with Crippen LogP contribution in [0.2, 0.25) is 0 Å². The molecule has 0 amide bonds. The fourth-order valence-corrected chi connectivity index (χ4v) is 1.72. The minimum atomic E-state index is -0.953. The Morgan fingerprint density at radius 3 is 2.53 bits per heavy atom. The Morgan fingerprint density at radius 1 is 1.35 bits per heavy atom. The molecule has 1 rings (SSSR count). The molecule has 0 aliphatic rings. The van der Waals surface area contributed by atoms with Crippen LogP contribution in [0.4, 0.5) is 4.39 Å². The monoisotopic (exact) mass is 242 g/mol. The molecule has 17 heavy (non-hydrogen) atoms. The smallest absolute Gasteiger partial charge is 0.132 e. The second-order valence-corrected chi connectivity index (χ2v) is 3.73.